The zero-order valence-corrected chi connectivity index (χ0v) is 17.8. The van der Waals surface area contributed by atoms with E-state index in [0.717, 1.165) is 50.1 Å². The lowest BCUT2D eigenvalue weighted by Gasteiger charge is -2.12. The van der Waals surface area contributed by atoms with Crippen LogP contribution in [0.4, 0.5) is 0 Å². The van der Waals surface area contributed by atoms with Crippen LogP contribution < -0.4 is 10.6 Å². The molecule has 1 aliphatic heterocycles. The molecular weight excluding hydrogens is 447 g/mol. The van der Waals surface area contributed by atoms with Crippen molar-refractivity contribution in [3.05, 3.63) is 34.0 Å². The molecule has 0 aliphatic carbocycles. The van der Waals surface area contributed by atoms with Crippen molar-refractivity contribution < 1.29 is 0 Å². The van der Waals surface area contributed by atoms with Gasteiger partial charge in [0.05, 0.1) is 6.54 Å². The van der Waals surface area contributed by atoms with Crippen LogP contribution in [0.5, 0.6) is 0 Å². The molecule has 6 nitrogen and oxygen atoms in total. The second-order valence-electron chi connectivity index (χ2n) is 6.02. The third-order valence-corrected chi connectivity index (χ3v) is 5.02. The summed E-state index contributed by atoms with van der Waals surface area (Å²) in [5, 5.41) is 17.5. The molecule has 0 radical (unpaired) electrons. The van der Waals surface area contributed by atoms with Gasteiger partial charge < -0.3 is 15.2 Å². The lowest BCUT2D eigenvalue weighted by molar-refractivity contribution is 0.670. The average molecular weight is 474 g/mol. The fraction of sp³-hybridized carbons (Fsp3) is 0.588. The van der Waals surface area contributed by atoms with Gasteiger partial charge in [0.15, 0.2) is 11.8 Å². The van der Waals surface area contributed by atoms with Crippen molar-refractivity contribution in [2.75, 3.05) is 6.54 Å². The number of thiophene rings is 1. The summed E-state index contributed by atoms with van der Waals surface area (Å²) >= 11 is 1.76. The van der Waals surface area contributed by atoms with Crippen molar-refractivity contribution in [1.29, 1.82) is 0 Å². The van der Waals surface area contributed by atoms with Gasteiger partial charge in [-0.25, -0.2) is 4.99 Å². The molecule has 0 unspecified atom stereocenters. The number of hydrogen-bond acceptors (Lipinski definition) is 4. The van der Waals surface area contributed by atoms with Gasteiger partial charge in [0.2, 0.25) is 0 Å². The SMILES string of the molecule is CCCCCNC(=NCc1nnc2n1CCC2)NCc1cccs1.I. The summed E-state index contributed by atoms with van der Waals surface area (Å²) in [5.41, 5.74) is 0. The maximum atomic E-state index is 4.72. The van der Waals surface area contributed by atoms with Crippen LogP contribution in [-0.4, -0.2) is 27.3 Å². The number of aliphatic imine (C=N–C) groups is 1. The van der Waals surface area contributed by atoms with Crippen molar-refractivity contribution in [1.82, 2.24) is 25.4 Å². The predicted molar refractivity (Wildman–Crippen MR) is 114 cm³/mol. The maximum absolute atomic E-state index is 4.72. The van der Waals surface area contributed by atoms with Gasteiger partial charge in [-0.15, -0.1) is 45.5 Å². The Hall–Kier alpha value is -1.16. The monoisotopic (exact) mass is 474 g/mol. The Labute approximate surface area is 170 Å². The molecule has 8 heteroatoms. The number of unbranched alkanes of at least 4 members (excludes halogenated alkanes) is 2. The minimum atomic E-state index is 0. The zero-order valence-electron chi connectivity index (χ0n) is 14.7. The number of hydrogen-bond donors (Lipinski definition) is 2. The third kappa shape index (κ3) is 5.95. The van der Waals surface area contributed by atoms with Crippen LogP contribution in [0.15, 0.2) is 22.5 Å². The van der Waals surface area contributed by atoms with E-state index >= 15 is 0 Å². The second kappa shape index (κ2) is 10.7. The minimum absolute atomic E-state index is 0. The topological polar surface area (TPSA) is 67.1 Å². The van der Waals surface area contributed by atoms with Gasteiger partial charge in [-0.2, -0.15) is 0 Å². The molecule has 0 amide bonds. The largest absolute Gasteiger partial charge is 0.356 e. The second-order valence-corrected chi connectivity index (χ2v) is 7.05. The highest BCUT2D eigenvalue weighted by atomic mass is 127. The standard InChI is InChI=1S/C17H26N6S.HI/c1-2-3-4-9-18-17(19-12-14-7-6-11-24-14)20-13-16-22-21-15-8-5-10-23(15)16;/h6-7,11H,2-5,8-10,12-13H2,1H3,(H2,18,19,20);1H. The first-order valence-corrected chi connectivity index (χ1v) is 9.70. The highest BCUT2D eigenvalue weighted by Gasteiger charge is 2.16. The summed E-state index contributed by atoms with van der Waals surface area (Å²) in [6, 6.07) is 4.21. The molecule has 1 aliphatic rings. The predicted octanol–water partition coefficient (Wildman–Crippen LogP) is 3.33. The summed E-state index contributed by atoms with van der Waals surface area (Å²) in [6.45, 7) is 5.56. The van der Waals surface area contributed by atoms with Crippen LogP contribution in [0.25, 0.3) is 0 Å². The summed E-state index contributed by atoms with van der Waals surface area (Å²) in [6.07, 6.45) is 5.83. The van der Waals surface area contributed by atoms with Crippen LogP contribution in [0.2, 0.25) is 0 Å². The summed E-state index contributed by atoms with van der Waals surface area (Å²) < 4.78 is 2.21. The molecule has 0 atom stereocenters. The van der Waals surface area contributed by atoms with Crippen molar-refractivity contribution in [3.8, 4) is 0 Å². The Morgan fingerprint density at radius 3 is 3.04 bits per heavy atom. The van der Waals surface area contributed by atoms with Crippen LogP contribution >= 0.6 is 35.3 Å². The van der Waals surface area contributed by atoms with Gasteiger partial charge in [-0.05, 0) is 24.3 Å². The van der Waals surface area contributed by atoms with E-state index in [2.05, 4.69) is 49.8 Å². The highest BCUT2D eigenvalue weighted by molar-refractivity contribution is 14.0. The Morgan fingerprint density at radius 1 is 1.32 bits per heavy atom. The third-order valence-electron chi connectivity index (χ3n) is 4.15. The van der Waals surface area contributed by atoms with Crippen LogP contribution in [0, 0.1) is 0 Å². The van der Waals surface area contributed by atoms with Crippen LogP contribution in [-0.2, 0) is 26.1 Å². The molecule has 3 rings (SSSR count). The molecule has 0 spiro atoms. The van der Waals surface area contributed by atoms with Crippen LogP contribution in [0.3, 0.4) is 0 Å². The van der Waals surface area contributed by atoms with Gasteiger partial charge in [0, 0.05) is 24.4 Å². The Kier molecular flexibility index (Phi) is 8.66. The van der Waals surface area contributed by atoms with E-state index < -0.39 is 0 Å². The van der Waals surface area contributed by atoms with E-state index in [-0.39, 0.29) is 24.0 Å². The lowest BCUT2D eigenvalue weighted by Crippen LogP contribution is -2.37. The smallest absolute Gasteiger partial charge is 0.192 e. The zero-order chi connectivity index (χ0) is 16.6. The molecule has 138 valence electrons. The summed E-state index contributed by atoms with van der Waals surface area (Å²) in [5.74, 6) is 2.92. The van der Waals surface area contributed by atoms with Crippen LogP contribution in [0.1, 0.15) is 49.1 Å². The fourth-order valence-corrected chi connectivity index (χ4v) is 3.46. The number of rotatable bonds is 8. The molecule has 25 heavy (non-hydrogen) atoms. The fourth-order valence-electron chi connectivity index (χ4n) is 2.82. The van der Waals surface area contributed by atoms with E-state index in [1.54, 1.807) is 11.3 Å². The number of halogens is 1. The molecular formula is C17H27IN6S. The molecule has 2 aromatic rings. The number of nitrogens with one attached hydrogen (secondary N) is 2. The Balaban J connectivity index is 0.00000225. The van der Waals surface area contributed by atoms with Gasteiger partial charge in [0.25, 0.3) is 0 Å². The molecule has 0 saturated carbocycles. The number of aromatic nitrogens is 3. The first kappa shape index (κ1) is 20.2. The van der Waals surface area contributed by atoms with Gasteiger partial charge in [0.1, 0.15) is 12.4 Å². The molecule has 0 fully saturated rings. The number of nitrogens with zero attached hydrogens (tertiary/aromatic N) is 4. The molecule has 0 aromatic carbocycles. The number of fused-ring (bicyclic) bond motifs is 1. The summed E-state index contributed by atoms with van der Waals surface area (Å²) in [7, 11) is 0. The Bertz CT molecular complexity index is 652. The number of guanidine groups is 1. The van der Waals surface area contributed by atoms with E-state index in [1.807, 2.05) is 0 Å². The van der Waals surface area contributed by atoms with Gasteiger partial charge >= 0.3 is 0 Å². The van der Waals surface area contributed by atoms with Crippen molar-refractivity contribution >= 4 is 41.3 Å². The minimum Gasteiger partial charge on any atom is -0.356 e. The molecule has 0 saturated heterocycles. The van der Waals surface area contributed by atoms with Gasteiger partial charge in [-0.3, -0.25) is 0 Å². The van der Waals surface area contributed by atoms with Crippen molar-refractivity contribution in [3.63, 3.8) is 0 Å². The molecule has 3 heterocycles. The quantitative estimate of drug-likeness (QED) is 0.267. The Morgan fingerprint density at radius 2 is 2.24 bits per heavy atom. The van der Waals surface area contributed by atoms with Crippen molar-refractivity contribution in [2.24, 2.45) is 4.99 Å². The average Bonchev–Trinajstić information content (AvgIpc) is 3.32. The number of aryl methyl sites for hydroxylation is 1. The molecule has 2 N–H and O–H groups in total. The first-order chi connectivity index (χ1) is 11.9. The van der Waals surface area contributed by atoms with E-state index in [1.165, 1.54) is 24.1 Å². The summed E-state index contributed by atoms with van der Waals surface area (Å²) in [4.78, 5) is 6.02. The van der Waals surface area contributed by atoms with E-state index in [4.69, 9.17) is 4.99 Å². The lowest BCUT2D eigenvalue weighted by atomic mass is 10.2. The van der Waals surface area contributed by atoms with Crippen molar-refractivity contribution in [2.45, 2.75) is 58.7 Å². The molecule has 2 aromatic heterocycles. The normalized spacial score (nSPS) is 13.4. The van der Waals surface area contributed by atoms with E-state index in [9.17, 15) is 0 Å². The first-order valence-electron chi connectivity index (χ1n) is 8.82. The van der Waals surface area contributed by atoms with Gasteiger partial charge in [-0.1, -0.05) is 25.8 Å². The van der Waals surface area contributed by atoms with E-state index in [0.29, 0.717) is 6.54 Å². The highest BCUT2D eigenvalue weighted by Crippen LogP contribution is 2.14. The maximum Gasteiger partial charge on any atom is 0.192 e. The molecule has 0 bridgehead atoms.